The molecule has 1 unspecified atom stereocenters. The van der Waals surface area contributed by atoms with Crippen LogP contribution in [0.25, 0.3) is 0 Å². The summed E-state index contributed by atoms with van der Waals surface area (Å²) in [7, 11) is 1.72. The van der Waals surface area contributed by atoms with Crippen LogP contribution < -0.4 is 4.74 Å². The minimum absolute atomic E-state index is 0.413. The Balaban J connectivity index is 0.000000361. The van der Waals surface area contributed by atoms with Crippen LogP contribution in [-0.4, -0.2) is 27.0 Å². The van der Waals surface area contributed by atoms with Gasteiger partial charge in [-0.05, 0) is 42.5 Å². The molecule has 1 aliphatic carbocycles. The monoisotopic (exact) mass is 291 g/mol. The first kappa shape index (κ1) is 14.8. The van der Waals surface area contributed by atoms with Crippen molar-refractivity contribution in [2.24, 2.45) is 0 Å². The Hall–Kier alpha value is -2.57. The zero-order chi connectivity index (χ0) is 15.2. The molecule has 1 aromatic heterocycles. The highest BCUT2D eigenvalue weighted by molar-refractivity contribution is 5.39. The number of hydrogen-bond acceptors (Lipinski definition) is 4. The lowest BCUT2D eigenvalue weighted by atomic mass is 9.87. The number of imidazole rings is 1. The maximum Gasteiger partial charge on any atom is 0.291 e. The summed E-state index contributed by atoms with van der Waals surface area (Å²) in [5.41, 5.74) is 2.82. The Morgan fingerprint density at radius 3 is 2.90 bits per heavy atom. The largest absolute Gasteiger partial charge is 0.497 e. The first-order chi connectivity index (χ1) is 10.1. The van der Waals surface area contributed by atoms with Crippen LogP contribution in [0, 0.1) is 10.1 Å². The highest BCUT2D eigenvalue weighted by Gasteiger charge is 2.21. The topological polar surface area (TPSA) is 90.4 Å². The van der Waals surface area contributed by atoms with Crippen molar-refractivity contribution in [3.63, 3.8) is 0 Å². The van der Waals surface area contributed by atoms with Crippen molar-refractivity contribution in [3.8, 4) is 5.75 Å². The third-order valence-corrected chi connectivity index (χ3v) is 3.52. The van der Waals surface area contributed by atoms with Crippen molar-refractivity contribution in [1.82, 2.24) is 9.55 Å². The van der Waals surface area contributed by atoms with Gasteiger partial charge < -0.3 is 14.5 Å². The van der Waals surface area contributed by atoms with Gasteiger partial charge >= 0.3 is 0 Å². The standard InChI is InChI=1S/C14H16N2O.HNO3/c1-17-12-6-5-11-3-2-4-14(13(11)9-12)16-8-7-15-10-16;2-1(3)4/h5-10,14H,2-4H2,1H3;(H,2,3,4). The fraction of sp³-hybridized carbons (Fsp3) is 0.357. The molecule has 2 aromatic rings. The fourth-order valence-corrected chi connectivity index (χ4v) is 2.64. The third-order valence-electron chi connectivity index (χ3n) is 3.52. The normalized spacial score (nSPS) is 16.3. The van der Waals surface area contributed by atoms with Crippen LogP contribution in [0.15, 0.2) is 36.9 Å². The molecule has 0 radical (unpaired) electrons. The predicted octanol–water partition coefficient (Wildman–Crippen LogP) is 2.47. The lowest BCUT2D eigenvalue weighted by molar-refractivity contribution is -0.742. The van der Waals surface area contributed by atoms with Crippen LogP contribution >= 0.6 is 0 Å². The summed E-state index contributed by atoms with van der Waals surface area (Å²) in [4.78, 5) is 12.5. The Morgan fingerprint density at radius 2 is 2.29 bits per heavy atom. The lowest BCUT2D eigenvalue weighted by Crippen LogP contribution is -2.16. The van der Waals surface area contributed by atoms with Gasteiger partial charge in [0.15, 0.2) is 0 Å². The second kappa shape index (κ2) is 6.74. The fourth-order valence-electron chi connectivity index (χ4n) is 2.64. The highest BCUT2D eigenvalue weighted by Crippen LogP contribution is 2.34. The number of ether oxygens (including phenoxy) is 1. The van der Waals surface area contributed by atoms with E-state index in [-0.39, 0.29) is 0 Å². The number of nitrogens with zero attached hydrogens (tertiary/aromatic N) is 3. The molecule has 0 amide bonds. The summed E-state index contributed by atoms with van der Waals surface area (Å²) in [6, 6.07) is 6.82. The van der Waals surface area contributed by atoms with Crippen molar-refractivity contribution in [2.75, 3.05) is 7.11 Å². The van der Waals surface area contributed by atoms with Gasteiger partial charge in [-0.15, -0.1) is 10.1 Å². The number of methoxy groups -OCH3 is 1. The second-order valence-corrected chi connectivity index (χ2v) is 4.72. The smallest absolute Gasteiger partial charge is 0.291 e. The van der Waals surface area contributed by atoms with Gasteiger partial charge in [0, 0.05) is 12.4 Å². The van der Waals surface area contributed by atoms with Gasteiger partial charge in [-0.25, -0.2) is 4.98 Å². The Labute approximate surface area is 121 Å². The van der Waals surface area contributed by atoms with Crippen molar-refractivity contribution in [1.29, 1.82) is 0 Å². The summed E-state index contributed by atoms with van der Waals surface area (Å²) in [5.74, 6) is 0.941. The summed E-state index contributed by atoms with van der Waals surface area (Å²) < 4.78 is 7.51. The van der Waals surface area contributed by atoms with Crippen LogP contribution in [0.3, 0.4) is 0 Å². The van der Waals surface area contributed by atoms with Crippen LogP contribution in [0.5, 0.6) is 5.75 Å². The summed E-state index contributed by atoms with van der Waals surface area (Å²) >= 11 is 0. The molecule has 0 saturated carbocycles. The van der Waals surface area contributed by atoms with Gasteiger partial charge in [0.05, 0.1) is 19.5 Å². The van der Waals surface area contributed by atoms with E-state index in [1.54, 1.807) is 7.11 Å². The molecule has 0 fully saturated rings. The number of hydrogen-bond donors (Lipinski definition) is 1. The van der Waals surface area contributed by atoms with Gasteiger partial charge in [-0.3, -0.25) is 0 Å². The summed E-state index contributed by atoms with van der Waals surface area (Å²) in [6.45, 7) is 0. The van der Waals surface area contributed by atoms with Crippen LogP contribution in [-0.2, 0) is 6.42 Å². The molecular formula is C14H17N3O4. The van der Waals surface area contributed by atoms with Crippen molar-refractivity contribution in [2.45, 2.75) is 25.3 Å². The van der Waals surface area contributed by atoms with E-state index < -0.39 is 5.09 Å². The lowest BCUT2D eigenvalue weighted by Gasteiger charge is -2.27. The quantitative estimate of drug-likeness (QED) is 0.678. The Morgan fingerprint density at radius 1 is 1.52 bits per heavy atom. The zero-order valence-corrected chi connectivity index (χ0v) is 11.7. The van der Waals surface area contributed by atoms with Crippen LogP contribution in [0.2, 0.25) is 0 Å². The molecule has 112 valence electrons. The van der Waals surface area contributed by atoms with E-state index in [0.29, 0.717) is 6.04 Å². The van der Waals surface area contributed by atoms with E-state index in [1.807, 2.05) is 18.7 Å². The van der Waals surface area contributed by atoms with Gasteiger partial charge in [0.1, 0.15) is 5.75 Å². The second-order valence-electron chi connectivity index (χ2n) is 4.72. The molecule has 1 heterocycles. The molecule has 1 aromatic carbocycles. The summed E-state index contributed by atoms with van der Waals surface area (Å²) in [6.07, 6.45) is 9.37. The van der Waals surface area contributed by atoms with Crippen molar-refractivity contribution in [3.05, 3.63) is 58.2 Å². The van der Waals surface area contributed by atoms with E-state index in [2.05, 4.69) is 27.8 Å². The molecule has 7 heteroatoms. The first-order valence-electron chi connectivity index (χ1n) is 6.59. The molecular weight excluding hydrogens is 274 g/mol. The Kier molecular flexibility index (Phi) is 4.76. The van der Waals surface area contributed by atoms with Crippen molar-refractivity contribution >= 4 is 0 Å². The van der Waals surface area contributed by atoms with Gasteiger partial charge in [-0.2, -0.15) is 0 Å². The number of rotatable bonds is 2. The molecule has 0 bridgehead atoms. The van der Waals surface area contributed by atoms with Gasteiger partial charge in [0.2, 0.25) is 0 Å². The average molecular weight is 291 g/mol. The number of aromatic nitrogens is 2. The van der Waals surface area contributed by atoms with Crippen molar-refractivity contribution < 1.29 is 15.0 Å². The molecule has 1 atom stereocenters. The SMILES string of the molecule is COc1ccc2c(c1)C(n1ccnc1)CCC2.O=[N+]([O-])O. The van der Waals surface area contributed by atoms with Gasteiger partial charge in [-0.1, -0.05) is 6.07 Å². The predicted molar refractivity (Wildman–Crippen MR) is 75.1 cm³/mol. The molecule has 0 spiro atoms. The van der Waals surface area contributed by atoms with E-state index >= 15 is 0 Å². The van der Waals surface area contributed by atoms with E-state index in [0.717, 1.165) is 5.75 Å². The minimum Gasteiger partial charge on any atom is -0.497 e. The Bertz CT molecular complexity index is 594. The maximum absolute atomic E-state index is 8.36. The highest BCUT2D eigenvalue weighted by atomic mass is 16.9. The molecule has 21 heavy (non-hydrogen) atoms. The number of aryl methyl sites for hydroxylation is 1. The molecule has 7 nitrogen and oxygen atoms in total. The van der Waals surface area contributed by atoms with Gasteiger partial charge in [0.25, 0.3) is 5.09 Å². The van der Waals surface area contributed by atoms with E-state index in [9.17, 15) is 0 Å². The summed E-state index contributed by atoms with van der Waals surface area (Å²) in [5, 5.41) is 13.6. The van der Waals surface area contributed by atoms with E-state index in [1.165, 1.54) is 30.4 Å². The first-order valence-corrected chi connectivity index (χ1v) is 6.59. The molecule has 3 rings (SSSR count). The molecule has 1 N–H and O–H groups in total. The molecule has 1 aliphatic rings. The molecule has 0 saturated heterocycles. The van der Waals surface area contributed by atoms with Crippen LogP contribution in [0.1, 0.15) is 30.0 Å². The van der Waals surface area contributed by atoms with Crippen LogP contribution in [0.4, 0.5) is 0 Å². The van der Waals surface area contributed by atoms with E-state index in [4.69, 9.17) is 20.1 Å². The zero-order valence-electron chi connectivity index (χ0n) is 11.7. The number of benzene rings is 1. The third kappa shape index (κ3) is 3.71. The maximum atomic E-state index is 8.36. The molecule has 0 aliphatic heterocycles. The minimum atomic E-state index is -1.50. The number of fused-ring (bicyclic) bond motifs is 1. The average Bonchev–Trinajstić information content (AvgIpc) is 2.99.